The molecule has 0 bridgehead atoms. The summed E-state index contributed by atoms with van der Waals surface area (Å²) in [5, 5.41) is 9.68. The van der Waals surface area contributed by atoms with Gasteiger partial charge in [-0.2, -0.15) is 5.26 Å². The molecule has 1 N–H and O–H groups in total. The summed E-state index contributed by atoms with van der Waals surface area (Å²) in [6.45, 7) is 4.20. The first kappa shape index (κ1) is 17.2. The number of nitrogens with one attached hydrogen (secondary N) is 1. The average molecular weight is 358 g/mol. The molecule has 2 aromatic carbocycles. The van der Waals surface area contributed by atoms with E-state index < -0.39 is 0 Å². The van der Waals surface area contributed by atoms with Crippen LogP contribution in [0, 0.1) is 18.3 Å². The van der Waals surface area contributed by atoms with Crippen LogP contribution in [-0.4, -0.2) is 30.2 Å². The number of hydrogen-bond acceptors (Lipinski definition) is 4. The first-order valence-corrected chi connectivity index (χ1v) is 9.19. The summed E-state index contributed by atoms with van der Waals surface area (Å²) < 4.78 is 5.59. The highest BCUT2D eigenvalue weighted by atomic mass is 16.5. The van der Waals surface area contributed by atoms with Gasteiger partial charge < -0.3 is 14.6 Å². The lowest BCUT2D eigenvalue weighted by molar-refractivity contribution is 0.414. The normalized spacial score (nSPS) is 14.6. The van der Waals surface area contributed by atoms with Crippen LogP contribution in [0.4, 0.5) is 5.69 Å². The van der Waals surface area contributed by atoms with Crippen LogP contribution in [0.25, 0.3) is 22.7 Å². The number of imidazole rings is 1. The minimum absolute atomic E-state index is 0.482. The number of aromatic amines is 1. The fourth-order valence-corrected chi connectivity index (χ4v) is 3.55. The molecule has 2 heterocycles. The Kier molecular flexibility index (Phi) is 4.55. The van der Waals surface area contributed by atoms with Crippen molar-refractivity contribution in [2.75, 3.05) is 25.1 Å². The van der Waals surface area contributed by atoms with Gasteiger partial charge in [-0.1, -0.05) is 6.07 Å². The number of nitriles is 1. The molecule has 27 heavy (non-hydrogen) atoms. The standard InChI is InChI=1S/C22H22N4O/c1-15-5-8-19-20(11-15)25-22(24-19)17(14-23)12-16-6-7-18(13-21(16)27-2)26-9-3-4-10-26/h5-8,11-13H,3-4,9-10H2,1-2H3,(H,24,25). The number of allylic oxidation sites excluding steroid dienone is 1. The van der Waals surface area contributed by atoms with E-state index in [9.17, 15) is 5.26 Å². The van der Waals surface area contributed by atoms with E-state index >= 15 is 0 Å². The molecule has 0 saturated carbocycles. The molecular formula is C22H22N4O. The van der Waals surface area contributed by atoms with Gasteiger partial charge >= 0.3 is 0 Å². The molecule has 0 unspecified atom stereocenters. The number of rotatable bonds is 4. The summed E-state index contributed by atoms with van der Waals surface area (Å²) in [4.78, 5) is 10.2. The maximum Gasteiger partial charge on any atom is 0.149 e. The topological polar surface area (TPSA) is 64.9 Å². The summed E-state index contributed by atoms with van der Waals surface area (Å²) >= 11 is 0. The third-order valence-corrected chi connectivity index (χ3v) is 5.00. The Morgan fingerprint density at radius 1 is 1.22 bits per heavy atom. The number of methoxy groups -OCH3 is 1. The Morgan fingerprint density at radius 3 is 2.78 bits per heavy atom. The first-order valence-electron chi connectivity index (χ1n) is 9.19. The van der Waals surface area contributed by atoms with Crippen LogP contribution in [-0.2, 0) is 0 Å². The predicted molar refractivity (Wildman–Crippen MR) is 109 cm³/mol. The van der Waals surface area contributed by atoms with Crippen LogP contribution >= 0.6 is 0 Å². The highest BCUT2D eigenvalue weighted by Gasteiger charge is 2.15. The van der Waals surface area contributed by atoms with E-state index in [1.54, 1.807) is 7.11 Å². The molecule has 5 heteroatoms. The lowest BCUT2D eigenvalue weighted by Crippen LogP contribution is -2.17. The third-order valence-electron chi connectivity index (χ3n) is 5.00. The summed E-state index contributed by atoms with van der Waals surface area (Å²) in [6, 6.07) is 14.4. The molecule has 1 fully saturated rings. The lowest BCUT2D eigenvalue weighted by Gasteiger charge is -2.19. The summed E-state index contributed by atoms with van der Waals surface area (Å²) in [7, 11) is 1.66. The number of anilines is 1. The Balaban J connectivity index is 1.72. The maximum atomic E-state index is 9.68. The number of H-pyrrole nitrogens is 1. The number of aryl methyl sites for hydroxylation is 1. The van der Waals surface area contributed by atoms with Gasteiger partial charge in [0.1, 0.15) is 17.6 Å². The fourth-order valence-electron chi connectivity index (χ4n) is 3.55. The van der Waals surface area contributed by atoms with Crippen LogP contribution in [0.15, 0.2) is 36.4 Å². The monoisotopic (exact) mass is 358 g/mol. The second-order valence-corrected chi connectivity index (χ2v) is 6.90. The molecule has 5 nitrogen and oxygen atoms in total. The van der Waals surface area contributed by atoms with E-state index in [2.05, 4.69) is 27.0 Å². The molecule has 0 atom stereocenters. The average Bonchev–Trinajstić information content (AvgIpc) is 3.35. The molecule has 0 aliphatic carbocycles. The molecule has 0 amide bonds. The van der Waals surface area contributed by atoms with Crippen molar-refractivity contribution in [2.45, 2.75) is 19.8 Å². The molecule has 3 aromatic rings. The Bertz CT molecular complexity index is 1050. The van der Waals surface area contributed by atoms with Crippen molar-refractivity contribution in [2.24, 2.45) is 0 Å². The second-order valence-electron chi connectivity index (χ2n) is 6.90. The smallest absolute Gasteiger partial charge is 0.149 e. The Morgan fingerprint density at radius 2 is 2.04 bits per heavy atom. The van der Waals surface area contributed by atoms with E-state index in [0.717, 1.165) is 41.0 Å². The van der Waals surface area contributed by atoms with Gasteiger partial charge in [-0.3, -0.25) is 0 Å². The number of hydrogen-bond donors (Lipinski definition) is 1. The Labute approximate surface area is 158 Å². The summed E-state index contributed by atoms with van der Waals surface area (Å²) in [6.07, 6.45) is 4.29. The fraction of sp³-hybridized carbons (Fsp3) is 0.273. The molecule has 1 aromatic heterocycles. The van der Waals surface area contributed by atoms with Crippen molar-refractivity contribution in [3.63, 3.8) is 0 Å². The van der Waals surface area contributed by atoms with Gasteiger partial charge in [-0.25, -0.2) is 4.98 Å². The van der Waals surface area contributed by atoms with Crippen LogP contribution in [0.5, 0.6) is 5.75 Å². The van der Waals surface area contributed by atoms with Gasteiger partial charge in [0.05, 0.1) is 23.7 Å². The molecule has 0 spiro atoms. The molecule has 0 radical (unpaired) electrons. The minimum Gasteiger partial charge on any atom is -0.496 e. The summed E-state index contributed by atoms with van der Waals surface area (Å²) in [5.74, 6) is 1.34. The van der Waals surface area contributed by atoms with Crippen molar-refractivity contribution in [1.29, 1.82) is 5.26 Å². The zero-order valence-electron chi connectivity index (χ0n) is 15.6. The largest absolute Gasteiger partial charge is 0.496 e. The number of ether oxygens (including phenoxy) is 1. The zero-order chi connectivity index (χ0) is 18.8. The highest BCUT2D eigenvalue weighted by molar-refractivity contribution is 5.91. The van der Waals surface area contributed by atoms with Gasteiger partial charge in [0.2, 0.25) is 0 Å². The lowest BCUT2D eigenvalue weighted by atomic mass is 10.1. The second kappa shape index (κ2) is 7.16. The quantitative estimate of drug-likeness (QED) is 0.695. The zero-order valence-corrected chi connectivity index (χ0v) is 15.6. The van der Waals surface area contributed by atoms with Crippen molar-refractivity contribution >= 4 is 28.4 Å². The SMILES string of the molecule is COc1cc(N2CCCC2)ccc1C=C(C#N)c1nc2ccc(C)cc2[nH]1. The van der Waals surface area contributed by atoms with Gasteiger partial charge in [0, 0.05) is 30.4 Å². The number of benzene rings is 2. The van der Waals surface area contributed by atoms with Crippen LogP contribution in [0.3, 0.4) is 0 Å². The van der Waals surface area contributed by atoms with Crippen molar-refractivity contribution < 1.29 is 4.74 Å². The molecule has 1 aliphatic heterocycles. The van der Waals surface area contributed by atoms with Crippen LogP contribution in [0.1, 0.15) is 29.8 Å². The predicted octanol–water partition coefficient (Wildman–Crippen LogP) is 4.54. The van der Waals surface area contributed by atoms with Gasteiger partial charge in [-0.15, -0.1) is 0 Å². The highest BCUT2D eigenvalue weighted by Crippen LogP contribution is 2.30. The number of aromatic nitrogens is 2. The van der Waals surface area contributed by atoms with Crippen LogP contribution < -0.4 is 9.64 Å². The molecule has 1 aliphatic rings. The van der Waals surface area contributed by atoms with E-state index in [-0.39, 0.29) is 0 Å². The molecule has 1 saturated heterocycles. The van der Waals surface area contributed by atoms with Crippen molar-refractivity contribution in [1.82, 2.24) is 9.97 Å². The molecule has 136 valence electrons. The Hall–Kier alpha value is -3.26. The molecular weight excluding hydrogens is 336 g/mol. The number of fused-ring (bicyclic) bond motifs is 1. The van der Waals surface area contributed by atoms with Crippen molar-refractivity contribution in [3.8, 4) is 11.8 Å². The minimum atomic E-state index is 0.482. The van der Waals surface area contributed by atoms with E-state index in [4.69, 9.17) is 4.74 Å². The molecule has 4 rings (SSSR count). The summed E-state index contributed by atoms with van der Waals surface area (Å²) in [5.41, 5.74) is 5.46. The van der Waals surface area contributed by atoms with Gasteiger partial charge in [0.25, 0.3) is 0 Å². The van der Waals surface area contributed by atoms with E-state index in [1.165, 1.54) is 18.5 Å². The van der Waals surface area contributed by atoms with Gasteiger partial charge in [-0.05, 0) is 55.7 Å². The van der Waals surface area contributed by atoms with Crippen LogP contribution in [0.2, 0.25) is 0 Å². The third kappa shape index (κ3) is 3.39. The van der Waals surface area contributed by atoms with E-state index in [0.29, 0.717) is 11.4 Å². The maximum absolute atomic E-state index is 9.68. The van der Waals surface area contributed by atoms with Crippen molar-refractivity contribution in [3.05, 3.63) is 53.3 Å². The van der Waals surface area contributed by atoms with Gasteiger partial charge in [0.15, 0.2) is 0 Å². The first-order chi connectivity index (χ1) is 13.2. The van der Waals surface area contributed by atoms with E-state index in [1.807, 2.05) is 43.3 Å². The number of nitrogens with zero attached hydrogens (tertiary/aromatic N) is 3.